The van der Waals surface area contributed by atoms with Crippen LogP contribution in [0.5, 0.6) is 0 Å². The standard InChI is InChI=1S/C8H15N5O/c1-13-5-7(11-12-13)2-8(14)6-3-9-10-4-6/h5-6,8-10,14H,2-4H2,1H3. The summed E-state index contributed by atoms with van der Waals surface area (Å²) in [5.74, 6) is 0.261. The molecule has 2 rings (SSSR count). The molecule has 6 nitrogen and oxygen atoms in total. The van der Waals surface area contributed by atoms with Crippen LogP contribution in [0.3, 0.4) is 0 Å². The summed E-state index contributed by atoms with van der Waals surface area (Å²) in [5.41, 5.74) is 6.83. The van der Waals surface area contributed by atoms with Gasteiger partial charge in [0.05, 0.1) is 11.8 Å². The van der Waals surface area contributed by atoms with E-state index in [0.717, 1.165) is 18.8 Å². The van der Waals surface area contributed by atoms with Crippen molar-refractivity contribution in [1.29, 1.82) is 0 Å². The van der Waals surface area contributed by atoms with Crippen molar-refractivity contribution in [2.24, 2.45) is 13.0 Å². The Morgan fingerprint density at radius 3 is 2.93 bits per heavy atom. The van der Waals surface area contributed by atoms with Crippen LogP contribution in [-0.4, -0.2) is 39.3 Å². The van der Waals surface area contributed by atoms with Crippen molar-refractivity contribution in [2.45, 2.75) is 12.5 Å². The fourth-order valence-corrected chi connectivity index (χ4v) is 1.62. The quantitative estimate of drug-likeness (QED) is 0.546. The number of hydrazine groups is 1. The molecule has 14 heavy (non-hydrogen) atoms. The van der Waals surface area contributed by atoms with Gasteiger partial charge in [0.1, 0.15) is 0 Å². The number of nitrogens with zero attached hydrogens (tertiary/aromatic N) is 3. The summed E-state index contributed by atoms with van der Waals surface area (Å²) in [7, 11) is 1.82. The molecule has 1 aromatic rings. The van der Waals surface area contributed by atoms with Gasteiger partial charge in [-0.15, -0.1) is 5.10 Å². The molecule has 1 atom stereocenters. The Morgan fingerprint density at radius 1 is 1.64 bits per heavy atom. The molecule has 0 amide bonds. The van der Waals surface area contributed by atoms with Crippen LogP contribution < -0.4 is 10.9 Å². The zero-order chi connectivity index (χ0) is 9.97. The first-order valence-electron chi connectivity index (χ1n) is 4.74. The van der Waals surface area contributed by atoms with Gasteiger partial charge in [-0.2, -0.15) is 0 Å². The monoisotopic (exact) mass is 197 g/mol. The Balaban J connectivity index is 1.90. The number of hydrogen-bond acceptors (Lipinski definition) is 5. The van der Waals surface area contributed by atoms with E-state index in [0.29, 0.717) is 6.42 Å². The topological polar surface area (TPSA) is 75.0 Å². The lowest BCUT2D eigenvalue weighted by Crippen LogP contribution is -2.26. The number of rotatable bonds is 3. The van der Waals surface area contributed by atoms with Crippen LogP contribution in [0.4, 0.5) is 0 Å². The largest absolute Gasteiger partial charge is 0.392 e. The lowest BCUT2D eigenvalue weighted by Gasteiger charge is -2.14. The summed E-state index contributed by atoms with van der Waals surface area (Å²) >= 11 is 0. The molecule has 78 valence electrons. The lowest BCUT2D eigenvalue weighted by molar-refractivity contribution is 0.121. The van der Waals surface area contributed by atoms with E-state index in [4.69, 9.17) is 0 Å². The van der Waals surface area contributed by atoms with Crippen LogP contribution in [0.1, 0.15) is 5.69 Å². The minimum atomic E-state index is -0.353. The summed E-state index contributed by atoms with van der Waals surface area (Å²) in [6.45, 7) is 1.61. The highest BCUT2D eigenvalue weighted by Gasteiger charge is 2.23. The highest BCUT2D eigenvalue weighted by atomic mass is 16.3. The molecule has 0 aromatic carbocycles. The van der Waals surface area contributed by atoms with Crippen molar-refractivity contribution >= 4 is 0 Å². The average molecular weight is 197 g/mol. The minimum absolute atomic E-state index is 0.261. The smallest absolute Gasteiger partial charge is 0.0852 e. The third kappa shape index (κ3) is 2.09. The average Bonchev–Trinajstić information content (AvgIpc) is 2.75. The maximum Gasteiger partial charge on any atom is 0.0852 e. The van der Waals surface area contributed by atoms with Crippen molar-refractivity contribution < 1.29 is 5.11 Å². The van der Waals surface area contributed by atoms with Crippen molar-refractivity contribution in [1.82, 2.24) is 25.8 Å². The van der Waals surface area contributed by atoms with E-state index in [-0.39, 0.29) is 12.0 Å². The van der Waals surface area contributed by atoms with Gasteiger partial charge in [0.2, 0.25) is 0 Å². The molecule has 1 aliphatic heterocycles. The van der Waals surface area contributed by atoms with Gasteiger partial charge in [-0.1, -0.05) is 5.21 Å². The van der Waals surface area contributed by atoms with Crippen LogP contribution >= 0.6 is 0 Å². The molecule has 1 saturated heterocycles. The number of aliphatic hydroxyl groups is 1. The number of aryl methyl sites for hydroxylation is 1. The van der Waals surface area contributed by atoms with Crippen LogP contribution in [0.25, 0.3) is 0 Å². The first-order valence-corrected chi connectivity index (χ1v) is 4.74. The molecule has 1 unspecified atom stereocenters. The highest BCUT2D eigenvalue weighted by molar-refractivity contribution is 4.96. The van der Waals surface area contributed by atoms with Crippen LogP contribution in [0.2, 0.25) is 0 Å². The predicted octanol–water partition coefficient (Wildman–Crippen LogP) is -1.56. The van der Waals surface area contributed by atoms with E-state index in [1.54, 1.807) is 4.68 Å². The van der Waals surface area contributed by atoms with Gasteiger partial charge in [0, 0.05) is 38.7 Å². The van der Waals surface area contributed by atoms with Gasteiger partial charge >= 0.3 is 0 Å². The lowest BCUT2D eigenvalue weighted by atomic mass is 10.00. The fourth-order valence-electron chi connectivity index (χ4n) is 1.62. The molecule has 0 radical (unpaired) electrons. The number of hydrogen-bond donors (Lipinski definition) is 3. The molecule has 0 aliphatic carbocycles. The Hall–Kier alpha value is -0.980. The molecule has 1 aromatic heterocycles. The van der Waals surface area contributed by atoms with Gasteiger partial charge in [-0.3, -0.25) is 15.5 Å². The Bertz CT molecular complexity index is 294. The maximum atomic E-state index is 9.85. The molecule has 0 bridgehead atoms. The number of aliphatic hydroxyl groups excluding tert-OH is 1. The van der Waals surface area contributed by atoms with E-state index in [1.165, 1.54) is 0 Å². The fraction of sp³-hybridized carbons (Fsp3) is 0.750. The third-order valence-corrected chi connectivity index (χ3v) is 2.47. The molecule has 3 N–H and O–H groups in total. The zero-order valence-corrected chi connectivity index (χ0v) is 8.14. The molecular formula is C8H15N5O. The second kappa shape index (κ2) is 4.04. The molecular weight excluding hydrogens is 182 g/mol. The van der Waals surface area contributed by atoms with Crippen molar-refractivity contribution in [3.63, 3.8) is 0 Å². The summed E-state index contributed by atoms with van der Waals surface area (Å²) in [5, 5.41) is 17.6. The number of nitrogens with one attached hydrogen (secondary N) is 2. The minimum Gasteiger partial charge on any atom is -0.392 e. The predicted molar refractivity (Wildman–Crippen MR) is 50.2 cm³/mol. The molecule has 2 heterocycles. The van der Waals surface area contributed by atoms with Gasteiger partial charge < -0.3 is 5.11 Å². The van der Waals surface area contributed by atoms with Crippen LogP contribution in [0.15, 0.2) is 6.20 Å². The van der Waals surface area contributed by atoms with Crippen LogP contribution in [-0.2, 0) is 13.5 Å². The normalized spacial score (nSPS) is 20.1. The molecule has 6 heteroatoms. The second-order valence-electron chi connectivity index (χ2n) is 3.68. The van der Waals surface area contributed by atoms with E-state index in [2.05, 4.69) is 21.2 Å². The number of aromatic nitrogens is 3. The molecule has 0 spiro atoms. The molecule has 1 fully saturated rings. The van der Waals surface area contributed by atoms with Crippen LogP contribution in [0, 0.1) is 5.92 Å². The van der Waals surface area contributed by atoms with Gasteiger partial charge in [0.25, 0.3) is 0 Å². The Labute approximate surface area is 82.3 Å². The zero-order valence-electron chi connectivity index (χ0n) is 8.14. The Kier molecular flexibility index (Phi) is 2.76. The van der Waals surface area contributed by atoms with E-state index < -0.39 is 0 Å². The highest BCUT2D eigenvalue weighted by Crippen LogP contribution is 2.09. The van der Waals surface area contributed by atoms with E-state index >= 15 is 0 Å². The summed E-state index contributed by atoms with van der Waals surface area (Å²) in [4.78, 5) is 0. The van der Waals surface area contributed by atoms with Crippen molar-refractivity contribution in [3.8, 4) is 0 Å². The SMILES string of the molecule is Cn1cc(CC(O)C2CNNC2)nn1. The van der Waals surface area contributed by atoms with Gasteiger partial charge in [-0.05, 0) is 0 Å². The van der Waals surface area contributed by atoms with E-state index in [9.17, 15) is 5.11 Å². The first-order chi connectivity index (χ1) is 6.75. The summed E-state index contributed by atoms with van der Waals surface area (Å²) in [6.07, 6.45) is 2.05. The first kappa shape index (κ1) is 9.57. The summed E-state index contributed by atoms with van der Waals surface area (Å²) in [6, 6.07) is 0. The maximum absolute atomic E-state index is 9.85. The van der Waals surface area contributed by atoms with E-state index in [1.807, 2.05) is 13.2 Å². The summed E-state index contributed by atoms with van der Waals surface area (Å²) < 4.78 is 1.65. The van der Waals surface area contributed by atoms with Gasteiger partial charge in [-0.25, -0.2) is 0 Å². The molecule has 0 saturated carbocycles. The Morgan fingerprint density at radius 2 is 2.36 bits per heavy atom. The second-order valence-corrected chi connectivity index (χ2v) is 3.68. The van der Waals surface area contributed by atoms with Crippen molar-refractivity contribution in [2.75, 3.05) is 13.1 Å². The van der Waals surface area contributed by atoms with Gasteiger partial charge in [0.15, 0.2) is 0 Å². The third-order valence-electron chi connectivity index (χ3n) is 2.47. The molecule has 1 aliphatic rings. The van der Waals surface area contributed by atoms with Crippen molar-refractivity contribution in [3.05, 3.63) is 11.9 Å².